The SMILES string of the molecule is Nc1ncc([N+](=O)[O-])c(N2CCCCc3ccccc32)n1. The van der Waals surface area contributed by atoms with Crippen LogP contribution in [0.5, 0.6) is 0 Å². The number of para-hydroxylation sites is 1. The fraction of sp³-hybridized carbons (Fsp3) is 0.286. The smallest absolute Gasteiger partial charge is 0.330 e. The maximum Gasteiger partial charge on any atom is 0.330 e. The van der Waals surface area contributed by atoms with Gasteiger partial charge < -0.3 is 10.6 Å². The summed E-state index contributed by atoms with van der Waals surface area (Å²) in [7, 11) is 0. The summed E-state index contributed by atoms with van der Waals surface area (Å²) in [5.74, 6) is 0.305. The zero-order valence-electron chi connectivity index (χ0n) is 11.4. The Bertz CT molecular complexity index is 689. The number of hydrogen-bond acceptors (Lipinski definition) is 6. The fourth-order valence-electron chi connectivity index (χ4n) is 2.62. The highest BCUT2D eigenvalue weighted by Gasteiger charge is 2.26. The Morgan fingerprint density at radius 1 is 1.29 bits per heavy atom. The van der Waals surface area contributed by atoms with Crippen molar-refractivity contribution in [3.05, 3.63) is 46.1 Å². The molecule has 0 aliphatic carbocycles. The molecule has 0 fully saturated rings. The summed E-state index contributed by atoms with van der Waals surface area (Å²) >= 11 is 0. The number of nitro groups is 1. The first-order chi connectivity index (χ1) is 10.2. The average Bonchev–Trinajstić information content (AvgIpc) is 2.69. The Kier molecular flexibility index (Phi) is 3.39. The monoisotopic (exact) mass is 285 g/mol. The van der Waals surface area contributed by atoms with Crippen molar-refractivity contribution in [3.8, 4) is 0 Å². The second kappa shape index (κ2) is 5.35. The molecular formula is C14H15N5O2. The van der Waals surface area contributed by atoms with Crippen molar-refractivity contribution >= 4 is 23.1 Å². The molecule has 7 nitrogen and oxygen atoms in total. The van der Waals surface area contributed by atoms with E-state index in [1.807, 2.05) is 29.2 Å². The first kappa shape index (κ1) is 13.3. The topological polar surface area (TPSA) is 98.2 Å². The Morgan fingerprint density at radius 2 is 2.10 bits per heavy atom. The zero-order valence-corrected chi connectivity index (χ0v) is 11.4. The van der Waals surface area contributed by atoms with Gasteiger partial charge in [-0.25, -0.2) is 4.98 Å². The van der Waals surface area contributed by atoms with Crippen LogP contribution in [0.2, 0.25) is 0 Å². The van der Waals surface area contributed by atoms with Crippen LogP contribution in [-0.4, -0.2) is 21.4 Å². The predicted molar refractivity (Wildman–Crippen MR) is 79.5 cm³/mol. The van der Waals surface area contributed by atoms with Crippen molar-refractivity contribution in [2.45, 2.75) is 19.3 Å². The third-order valence-corrected chi connectivity index (χ3v) is 3.58. The van der Waals surface area contributed by atoms with E-state index in [1.165, 1.54) is 11.8 Å². The van der Waals surface area contributed by atoms with Gasteiger partial charge in [-0.05, 0) is 30.9 Å². The van der Waals surface area contributed by atoms with Crippen molar-refractivity contribution < 1.29 is 4.92 Å². The highest BCUT2D eigenvalue weighted by Crippen LogP contribution is 2.36. The van der Waals surface area contributed by atoms with Gasteiger partial charge in [-0.15, -0.1) is 0 Å². The van der Waals surface area contributed by atoms with E-state index in [0.29, 0.717) is 6.54 Å². The molecule has 0 atom stereocenters. The molecule has 21 heavy (non-hydrogen) atoms. The molecule has 0 radical (unpaired) electrons. The molecule has 1 aromatic heterocycles. The Hall–Kier alpha value is -2.70. The van der Waals surface area contributed by atoms with Gasteiger partial charge in [0.2, 0.25) is 11.8 Å². The van der Waals surface area contributed by atoms with E-state index in [0.717, 1.165) is 24.9 Å². The van der Waals surface area contributed by atoms with Crippen LogP contribution in [0.3, 0.4) is 0 Å². The van der Waals surface area contributed by atoms with Crippen LogP contribution >= 0.6 is 0 Å². The number of nitrogens with two attached hydrogens (primary N) is 1. The molecule has 1 aromatic carbocycles. The van der Waals surface area contributed by atoms with Crippen LogP contribution in [0, 0.1) is 10.1 Å². The van der Waals surface area contributed by atoms with E-state index in [1.54, 1.807) is 0 Å². The lowest BCUT2D eigenvalue weighted by Crippen LogP contribution is -2.21. The molecule has 7 heteroatoms. The standard InChI is InChI=1S/C14H15N5O2/c15-14-16-9-12(19(20)21)13(17-14)18-8-4-3-6-10-5-1-2-7-11(10)18/h1-2,5,7,9H,3-4,6,8H2,(H2,15,16,17). The second-order valence-electron chi connectivity index (χ2n) is 4.93. The number of fused-ring (bicyclic) bond motifs is 1. The molecule has 1 aliphatic rings. The number of aromatic nitrogens is 2. The zero-order chi connectivity index (χ0) is 14.8. The van der Waals surface area contributed by atoms with Gasteiger partial charge in [-0.2, -0.15) is 4.98 Å². The van der Waals surface area contributed by atoms with Gasteiger partial charge in [-0.3, -0.25) is 10.1 Å². The van der Waals surface area contributed by atoms with Crippen molar-refractivity contribution in [2.75, 3.05) is 17.2 Å². The van der Waals surface area contributed by atoms with Gasteiger partial charge in [0.25, 0.3) is 0 Å². The number of aryl methyl sites for hydroxylation is 1. The number of anilines is 3. The van der Waals surface area contributed by atoms with Crippen molar-refractivity contribution in [1.82, 2.24) is 9.97 Å². The Labute approximate surface area is 121 Å². The molecule has 3 rings (SSSR count). The van der Waals surface area contributed by atoms with Crippen molar-refractivity contribution in [3.63, 3.8) is 0 Å². The number of nitrogen functional groups attached to an aromatic ring is 1. The lowest BCUT2D eigenvalue weighted by Gasteiger charge is -2.23. The quantitative estimate of drug-likeness (QED) is 0.672. The molecule has 0 unspecified atom stereocenters. The molecule has 0 saturated heterocycles. The first-order valence-electron chi connectivity index (χ1n) is 6.79. The number of benzene rings is 1. The van der Waals surface area contributed by atoms with E-state index in [-0.39, 0.29) is 17.5 Å². The lowest BCUT2D eigenvalue weighted by molar-refractivity contribution is -0.384. The summed E-state index contributed by atoms with van der Waals surface area (Å²) in [5.41, 5.74) is 7.62. The van der Waals surface area contributed by atoms with Crippen LogP contribution < -0.4 is 10.6 Å². The normalized spacial score (nSPS) is 14.4. The molecule has 108 valence electrons. The molecule has 0 amide bonds. The minimum absolute atomic E-state index is 0.0392. The fourth-order valence-corrected chi connectivity index (χ4v) is 2.62. The molecule has 1 aliphatic heterocycles. The molecule has 2 N–H and O–H groups in total. The van der Waals surface area contributed by atoms with Gasteiger partial charge in [0.15, 0.2) is 0 Å². The van der Waals surface area contributed by atoms with E-state index >= 15 is 0 Å². The van der Waals surface area contributed by atoms with Crippen LogP contribution in [0.15, 0.2) is 30.5 Å². The minimum atomic E-state index is -0.470. The van der Waals surface area contributed by atoms with Gasteiger partial charge >= 0.3 is 5.69 Å². The van der Waals surface area contributed by atoms with Gasteiger partial charge in [0.05, 0.1) is 4.92 Å². The number of hydrogen-bond donors (Lipinski definition) is 1. The summed E-state index contributed by atoms with van der Waals surface area (Å²) in [6, 6.07) is 7.91. The highest BCUT2D eigenvalue weighted by molar-refractivity contribution is 5.71. The molecule has 2 aromatic rings. The third kappa shape index (κ3) is 2.49. The lowest BCUT2D eigenvalue weighted by atomic mass is 10.1. The van der Waals surface area contributed by atoms with Crippen LogP contribution in [-0.2, 0) is 6.42 Å². The summed E-state index contributed by atoms with van der Waals surface area (Å²) in [5, 5.41) is 11.2. The van der Waals surface area contributed by atoms with Crippen LogP contribution in [0.4, 0.5) is 23.1 Å². The molecule has 0 saturated carbocycles. The Morgan fingerprint density at radius 3 is 2.90 bits per heavy atom. The van der Waals surface area contributed by atoms with Crippen LogP contribution in [0.25, 0.3) is 0 Å². The molecule has 2 heterocycles. The maximum atomic E-state index is 11.2. The van der Waals surface area contributed by atoms with E-state index in [9.17, 15) is 10.1 Å². The van der Waals surface area contributed by atoms with E-state index < -0.39 is 4.92 Å². The highest BCUT2D eigenvalue weighted by atomic mass is 16.6. The van der Waals surface area contributed by atoms with E-state index in [2.05, 4.69) is 9.97 Å². The van der Waals surface area contributed by atoms with Gasteiger partial charge in [0.1, 0.15) is 6.20 Å². The van der Waals surface area contributed by atoms with Gasteiger partial charge in [-0.1, -0.05) is 18.2 Å². The summed E-state index contributed by atoms with van der Waals surface area (Å²) in [4.78, 5) is 20.5. The van der Waals surface area contributed by atoms with Crippen molar-refractivity contribution in [2.24, 2.45) is 0 Å². The summed E-state index contributed by atoms with van der Waals surface area (Å²) in [6.07, 6.45) is 4.11. The summed E-state index contributed by atoms with van der Waals surface area (Å²) in [6.45, 7) is 0.675. The largest absolute Gasteiger partial charge is 0.368 e. The summed E-state index contributed by atoms with van der Waals surface area (Å²) < 4.78 is 0. The van der Waals surface area contributed by atoms with Crippen LogP contribution in [0.1, 0.15) is 18.4 Å². The van der Waals surface area contributed by atoms with Crippen molar-refractivity contribution in [1.29, 1.82) is 0 Å². The van der Waals surface area contributed by atoms with E-state index in [4.69, 9.17) is 5.73 Å². The van der Waals surface area contributed by atoms with Gasteiger partial charge in [0, 0.05) is 12.2 Å². The first-order valence-corrected chi connectivity index (χ1v) is 6.79. The maximum absolute atomic E-state index is 11.2. The number of rotatable bonds is 2. The second-order valence-corrected chi connectivity index (χ2v) is 4.93. The third-order valence-electron chi connectivity index (χ3n) is 3.58. The Balaban J connectivity index is 2.16. The number of nitrogens with zero attached hydrogens (tertiary/aromatic N) is 4. The minimum Gasteiger partial charge on any atom is -0.368 e. The molecular weight excluding hydrogens is 270 g/mol. The average molecular weight is 285 g/mol. The molecule has 0 bridgehead atoms. The molecule has 0 spiro atoms. The predicted octanol–water partition coefficient (Wildman–Crippen LogP) is 2.44.